The van der Waals surface area contributed by atoms with Gasteiger partial charge in [0.05, 0.1) is 12.3 Å². The first-order chi connectivity index (χ1) is 14.2. The van der Waals surface area contributed by atoms with Crippen LogP contribution in [-0.4, -0.2) is 21.9 Å². The number of carbonyl (C=O) groups excluding carboxylic acids is 1. The molecule has 0 fully saturated rings. The molecule has 2 aromatic heterocycles. The van der Waals surface area contributed by atoms with Gasteiger partial charge in [-0.2, -0.15) is 18.3 Å². The summed E-state index contributed by atoms with van der Waals surface area (Å²) in [5.74, 6) is 0.284. The van der Waals surface area contributed by atoms with Gasteiger partial charge in [-0.25, -0.2) is 4.68 Å². The van der Waals surface area contributed by atoms with Gasteiger partial charge in [-0.3, -0.25) is 4.79 Å². The molecule has 1 amide bonds. The maximum absolute atomic E-state index is 13.7. The largest absolute Gasteiger partial charge is 0.467 e. The minimum absolute atomic E-state index is 0.0974. The quantitative estimate of drug-likeness (QED) is 0.586. The minimum Gasteiger partial charge on any atom is -0.467 e. The van der Waals surface area contributed by atoms with Crippen LogP contribution in [0.2, 0.25) is 0 Å². The summed E-state index contributed by atoms with van der Waals surface area (Å²) >= 11 is 0. The fraction of sp³-hybridized carbons (Fsp3) is 0.333. The standard InChI is InChI=1S/C21H21F3N4O2/c1-12(2)13-5-7-14(8-6-13)25-20(29)16-11-19-26-15(17-4-3-9-30-17)10-18(21(22,23)24)28(19)27-16/h3-9,11-12,15,18,26H,10H2,1-2H3,(H,25,29)/t15-,18-/m1/s1. The number of nitrogens with one attached hydrogen (secondary N) is 2. The Morgan fingerprint density at radius 3 is 2.60 bits per heavy atom. The number of anilines is 2. The van der Waals surface area contributed by atoms with E-state index in [1.54, 1.807) is 24.3 Å². The highest BCUT2D eigenvalue weighted by Crippen LogP contribution is 2.43. The number of hydrogen-bond donors (Lipinski definition) is 2. The Morgan fingerprint density at radius 1 is 1.27 bits per heavy atom. The fourth-order valence-electron chi connectivity index (χ4n) is 3.51. The van der Waals surface area contributed by atoms with Gasteiger partial charge in [-0.15, -0.1) is 0 Å². The predicted octanol–water partition coefficient (Wildman–Crippen LogP) is 5.51. The van der Waals surface area contributed by atoms with Crippen molar-refractivity contribution in [1.29, 1.82) is 0 Å². The van der Waals surface area contributed by atoms with Crippen LogP contribution < -0.4 is 10.6 Å². The van der Waals surface area contributed by atoms with Crippen molar-refractivity contribution in [2.45, 2.75) is 44.4 Å². The molecule has 2 N–H and O–H groups in total. The summed E-state index contributed by atoms with van der Waals surface area (Å²) in [4.78, 5) is 12.6. The number of alkyl halides is 3. The summed E-state index contributed by atoms with van der Waals surface area (Å²) < 4.78 is 47.1. The summed E-state index contributed by atoms with van der Waals surface area (Å²) in [6.07, 6.45) is -3.40. The second-order valence-corrected chi connectivity index (χ2v) is 7.60. The molecule has 0 bridgehead atoms. The van der Waals surface area contributed by atoms with E-state index in [-0.39, 0.29) is 17.9 Å². The molecule has 30 heavy (non-hydrogen) atoms. The third-order valence-corrected chi connectivity index (χ3v) is 5.14. The third-order valence-electron chi connectivity index (χ3n) is 5.14. The maximum Gasteiger partial charge on any atom is 0.410 e. The van der Waals surface area contributed by atoms with E-state index in [0.29, 0.717) is 17.4 Å². The van der Waals surface area contributed by atoms with E-state index < -0.39 is 24.2 Å². The number of fused-ring (bicyclic) bond motifs is 1. The number of rotatable bonds is 4. The second kappa shape index (κ2) is 7.55. The van der Waals surface area contributed by atoms with Gasteiger partial charge in [0, 0.05) is 18.2 Å². The van der Waals surface area contributed by atoms with Crippen molar-refractivity contribution in [3.05, 3.63) is 65.7 Å². The van der Waals surface area contributed by atoms with Crippen molar-refractivity contribution in [3.63, 3.8) is 0 Å². The lowest BCUT2D eigenvalue weighted by atomic mass is 10.0. The summed E-state index contributed by atoms with van der Waals surface area (Å²) in [5.41, 5.74) is 1.57. The Morgan fingerprint density at radius 2 is 2.00 bits per heavy atom. The van der Waals surface area contributed by atoms with Gasteiger partial charge >= 0.3 is 6.18 Å². The maximum atomic E-state index is 13.7. The zero-order chi connectivity index (χ0) is 21.5. The first kappa shape index (κ1) is 20.1. The first-order valence-corrected chi connectivity index (χ1v) is 9.60. The Bertz CT molecular complexity index is 1020. The molecule has 1 aromatic carbocycles. The van der Waals surface area contributed by atoms with Crippen LogP contribution in [0.1, 0.15) is 60.1 Å². The molecular weight excluding hydrogens is 397 g/mol. The number of nitrogens with zero attached hydrogens (tertiary/aromatic N) is 2. The number of furan rings is 1. The van der Waals surface area contributed by atoms with Crippen LogP contribution in [0.25, 0.3) is 0 Å². The van der Waals surface area contributed by atoms with Crippen LogP contribution in [0.3, 0.4) is 0 Å². The molecule has 4 rings (SSSR count). The van der Waals surface area contributed by atoms with Gasteiger partial charge in [0.2, 0.25) is 0 Å². The topological polar surface area (TPSA) is 72.1 Å². The number of benzene rings is 1. The SMILES string of the molecule is CC(C)c1ccc(NC(=O)c2cc3n(n2)[C@@H](C(F)(F)F)C[C@H](c2ccco2)N3)cc1. The third kappa shape index (κ3) is 3.92. The summed E-state index contributed by atoms with van der Waals surface area (Å²) in [7, 11) is 0. The Balaban J connectivity index is 1.59. The lowest BCUT2D eigenvalue weighted by Crippen LogP contribution is -2.35. The lowest BCUT2D eigenvalue weighted by molar-refractivity contribution is -0.174. The Hall–Kier alpha value is -3.23. The van der Waals surface area contributed by atoms with Crippen LogP contribution in [0.4, 0.5) is 24.7 Å². The van der Waals surface area contributed by atoms with Crippen molar-refractivity contribution in [2.24, 2.45) is 0 Å². The van der Waals surface area contributed by atoms with Gasteiger partial charge in [0.1, 0.15) is 11.6 Å². The molecule has 3 aromatic rings. The highest BCUT2D eigenvalue weighted by atomic mass is 19.4. The highest BCUT2D eigenvalue weighted by Gasteiger charge is 2.47. The summed E-state index contributed by atoms with van der Waals surface area (Å²) in [6.45, 7) is 4.12. The molecular formula is C21H21F3N4O2. The molecule has 158 valence electrons. The number of carbonyl (C=O) groups is 1. The van der Waals surface area contributed by atoms with Crippen molar-refractivity contribution in [3.8, 4) is 0 Å². The van der Waals surface area contributed by atoms with Crippen LogP contribution in [0.5, 0.6) is 0 Å². The molecule has 0 aliphatic carbocycles. The smallest absolute Gasteiger partial charge is 0.410 e. The average Bonchev–Trinajstić information content (AvgIpc) is 3.36. The molecule has 9 heteroatoms. The molecule has 0 spiro atoms. The van der Waals surface area contributed by atoms with E-state index in [1.165, 1.54) is 12.3 Å². The molecule has 6 nitrogen and oxygen atoms in total. The zero-order valence-electron chi connectivity index (χ0n) is 16.4. The highest BCUT2D eigenvalue weighted by molar-refractivity contribution is 6.03. The van der Waals surface area contributed by atoms with E-state index in [2.05, 4.69) is 29.6 Å². The van der Waals surface area contributed by atoms with E-state index in [9.17, 15) is 18.0 Å². The van der Waals surface area contributed by atoms with Crippen LogP contribution in [0, 0.1) is 0 Å². The summed E-state index contributed by atoms with van der Waals surface area (Å²) in [6, 6.07) is 9.33. The van der Waals surface area contributed by atoms with Crippen molar-refractivity contribution in [1.82, 2.24) is 9.78 Å². The minimum atomic E-state index is -4.52. The van der Waals surface area contributed by atoms with Gasteiger partial charge in [-0.1, -0.05) is 26.0 Å². The second-order valence-electron chi connectivity index (χ2n) is 7.60. The van der Waals surface area contributed by atoms with Crippen molar-refractivity contribution < 1.29 is 22.4 Å². The molecule has 0 radical (unpaired) electrons. The normalized spacial score (nSPS) is 18.7. The molecule has 3 heterocycles. The molecule has 2 atom stereocenters. The van der Waals surface area contributed by atoms with E-state index in [0.717, 1.165) is 10.2 Å². The van der Waals surface area contributed by atoms with Crippen LogP contribution in [-0.2, 0) is 0 Å². The molecule has 1 aliphatic heterocycles. The van der Waals surface area contributed by atoms with E-state index >= 15 is 0 Å². The van der Waals surface area contributed by atoms with E-state index in [1.807, 2.05) is 12.1 Å². The van der Waals surface area contributed by atoms with Gasteiger partial charge in [0.15, 0.2) is 11.7 Å². The van der Waals surface area contributed by atoms with E-state index in [4.69, 9.17) is 4.42 Å². The average molecular weight is 418 g/mol. The predicted molar refractivity (Wildman–Crippen MR) is 105 cm³/mol. The number of aromatic nitrogens is 2. The monoisotopic (exact) mass is 418 g/mol. The van der Waals surface area contributed by atoms with Crippen molar-refractivity contribution >= 4 is 17.4 Å². The lowest BCUT2D eigenvalue weighted by Gasteiger charge is -2.32. The molecule has 0 unspecified atom stereocenters. The Kier molecular flexibility index (Phi) is 5.05. The van der Waals surface area contributed by atoms with Gasteiger partial charge in [0.25, 0.3) is 5.91 Å². The Labute approximate surface area is 171 Å². The summed E-state index contributed by atoms with van der Waals surface area (Å²) in [5, 5.41) is 9.62. The zero-order valence-corrected chi connectivity index (χ0v) is 16.4. The molecule has 0 saturated heterocycles. The number of amides is 1. The number of hydrogen-bond acceptors (Lipinski definition) is 4. The van der Waals surface area contributed by atoms with Gasteiger partial charge < -0.3 is 15.1 Å². The molecule has 0 saturated carbocycles. The van der Waals surface area contributed by atoms with Crippen LogP contribution in [0.15, 0.2) is 53.1 Å². The van der Waals surface area contributed by atoms with Crippen molar-refractivity contribution in [2.75, 3.05) is 10.6 Å². The van der Waals surface area contributed by atoms with Crippen LogP contribution >= 0.6 is 0 Å². The van der Waals surface area contributed by atoms with Gasteiger partial charge in [-0.05, 0) is 35.7 Å². The number of halogens is 3. The fourth-order valence-corrected chi connectivity index (χ4v) is 3.51. The molecule has 1 aliphatic rings. The first-order valence-electron chi connectivity index (χ1n) is 9.60.